The largest absolute Gasteiger partial charge is 0.342 e. The second-order valence-corrected chi connectivity index (χ2v) is 7.10. The van der Waals surface area contributed by atoms with Gasteiger partial charge in [-0.2, -0.15) is 0 Å². The van der Waals surface area contributed by atoms with Crippen LogP contribution in [0.15, 0.2) is 24.4 Å². The Labute approximate surface area is 126 Å². The minimum absolute atomic E-state index is 0.341. The molecule has 0 radical (unpaired) electrons. The van der Waals surface area contributed by atoms with Crippen LogP contribution >= 0.6 is 0 Å². The van der Waals surface area contributed by atoms with Crippen LogP contribution in [0.3, 0.4) is 0 Å². The lowest BCUT2D eigenvalue weighted by molar-refractivity contribution is -0.132. The zero-order chi connectivity index (χ0) is 14.4. The Morgan fingerprint density at radius 1 is 1.24 bits per heavy atom. The summed E-state index contributed by atoms with van der Waals surface area (Å²) in [5.74, 6) is 2.73. The molecule has 0 aromatic carbocycles. The minimum Gasteiger partial charge on any atom is -0.342 e. The van der Waals surface area contributed by atoms with Gasteiger partial charge >= 0.3 is 0 Å². The van der Waals surface area contributed by atoms with Gasteiger partial charge in [0.05, 0.1) is 5.69 Å². The molecular weight excluding hydrogens is 262 g/mol. The molecule has 0 N–H and O–H groups in total. The SMILES string of the molecule is C[C@@H]1C[C@H]1C(=O)N1C[C@H]2CN(Cc3ccccn3)C[C@H]2C1. The molecule has 1 aliphatic carbocycles. The lowest BCUT2D eigenvalue weighted by Gasteiger charge is -2.21. The first-order valence-corrected chi connectivity index (χ1v) is 8.12. The summed E-state index contributed by atoms with van der Waals surface area (Å²) in [5.41, 5.74) is 1.15. The smallest absolute Gasteiger partial charge is 0.225 e. The van der Waals surface area contributed by atoms with Gasteiger partial charge in [0.15, 0.2) is 0 Å². The van der Waals surface area contributed by atoms with Crippen LogP contribution < -0.4 is 0 Å². The molecule has 4 nitrogen and oxygen atoms in total. The number of likely N-dealkylation sites (tertiary alicyclic amines) is 2. The number of carbonyl (C=O) groups is 1. The predicted octanol–water partition coefficient (Wildman–Crippen LogP) is 1.63. The highest BCUT2D eigenvalue weighted by molar-refractivity contribution is 5.81. The van der Waals surface area contributed by atoms with Gasteiger partial charge in [-0.1, -0.05) is 13.0 Å². The minimum atomic E-state index is 0.341. The van der Waals surface area contributed by atoms with Gasteiger partial charge in [0.25, 0.3) is 0 Å². The fourth-order valence-electron chi connectivity index (χ4n) is 4.02. The van der Waals surface area contributed by atoms with Gasteiger partial charge in [-0.05, 0) is 36.3 Å². The quantitative estimate of drug-likeness (QED) is 0.847. The Kier molecular flexibility index (Phi) is 3.21. The highest BCUT2D eigenvalue weighted by atomic mass is 16.2. The fourth-order valence-corrected chi connectivity index (χ4v) is 4.02. The highest BCUT2D eigenvalue weighted by Crippen LogP contribution is 2.41. The molecular formula is C17H23N3O. The Morgan fingerprint density at radius 3 is 2.52 bits per heavy atom. The molecule has 0 spiro atoms. The van der Waals surface area contributed by atoms with Gasteiger partial charge in [-0.3, -0.25) is 14.7 Å². The summed E-state index contributed by atoms with van der Waals surface area (Å²) in [6.45, 7) is 7.32. The lowest BCUT2D eigenvalue weighted by atomic mass is 10.0. The van der Waals surface area contributed by atoms with Crippen LogP contribution in [0.5, 0.6) is 0 Å². The number of fused-ring (bicyclic) bond motifs is 1. The van der Waals surface area contributed by atoms with Crippen molar-refractivity contribution in [3.63, 3.8) is 0 Å². The normalized spacial score (nSPS) is 35.0. The zero-order valence-corrected chi connectivity index (χ0v) is 12.6. The molecule has 4 heteroatoms. The van der Waals surface area contributed by atoms with E-state index in [1.807, 2.05) is 12.3 Å². The number of hydrogen-bond donors (Lipinski definition) is 0. The van der Waals surface area contributed by atoms with Crippen LogP contribution in [-0.4, -0.2) is 46.9 Å². The van der Waals surface area contributed by atoms with Gasteiger partial charge in [-0.25, -0.2) is 0 Å². The maximum absolute atomic E-state index is 12.3. The second kappa shape index (κ2) is 5.09. The van der Waals surface area contributed by atoms with E-state index in [-0.39, 0.29) is 0 Å². The first-order chi connectivity index (χ1) is 10.2. The molecule has 2 aliphatic heterocycles. The predicted molar refractivity (Wildman–Crippen MR) is 80.3 cm³/mol. The van der Waals surface area contributed by atoms with E-state index in [0.717, 1.165) is 44.8 Å². The van der Waals surface area contributed by atoms with Crippen molar-refractivity contribution < 1.29 is 4.79 Å². The zero-order valence-electron chi connectivity index (χ0n) is 12.6. The van der Waals surface area contributed by atoms with Gasteiger partial charge in [-0.15, -0.1) is 0 Å². The van der Waals surface area contributed by atoms with Crippen molar-refractivity contribution in [1.82, 2.24) is 14.8 Å². The van der Waals surface area contributed by atoms with Gasteiger partial charge in [0, 0.05) is 44.8 Å². The van der Waals surface area contributed by atoms with Gasteiger partial charge < -0.3 is 4.90 Å². The Bertz CT molecular complexity index is 518. The van der Waals surface area contributed by atoms with E-state index >= 15 is 0 Å². The Balaban J connectivity index is 1.32. The third kappa shape index (κ3) is 2.57. The lowest BCUT2D eigenvalue weighted by Crippen LogP contribution is -2.34. The fraction of sp³-hybridized carbons (Fsp3) is 0.647. The molecule has 4 atom stereocenters. The molecule has 4 rings (SSSR count). The van der Waals surface area contributed by atoms with Crippen molar-refractivity contribution in [3.8, 4) is 0 Å². The van der Waals surface area contributed by atoms with Crippen LogP contribution in [0, 0.1) is 23.7 Å². The van der Waals surface area contributed by atoms with Gasteiger partial charge in [0.1, 0.15) is 0 Å². The summed E-state index contributed by atoms with van der Waals surface area (Å²) in [5, 5.41) is 0. The third-order valence-electron chi connectivity index (χ3n) is 5.41. The molecule has 1 amide bonds. The van der Waals surface area contributed by atoms with Crippen molar-refractivity contribution in [2.45, 2.75) is 19.9 Å². The van der Waals surface area contributed by atoms with Crippen molar-refractivity contribution in [2.75, 3.05) is 26.2 Å². The van der Waals surface area contributed by atoms with E-state index in [4.69, 9.17) is 0 Å². The van der Waals surface area contributed by atoms with Crippen LogP contribution in [0.2, 0.25) is 0 Å². The topological polar surface area (TPSA) is 36.4 Å². The Morgan fingerprint density at radius 2 is 1.95 bits per heavy atom. The Hall–Kier alpha value is -1.42. The molecule has 0 unspecified atom stereocenters. The standard InChI is InChI=1S/C17H23N3O/c1-12-6-16(12)17(21)20-9-13-7-19(8-14(13)10-20)11-15-4-2-3-5-18-15/h2-5,12-14,16H,6-11H2,1H3/t12-,13-,14+,16-/m1/s1. The summed E-state index contributed by atoms with van der Waals surface area (Å²) < 4.78 is 0. The number of carbonyl (C=O) groups excluding carboxylic acids is 1. The monoisotopic (exact) mass is 285 g/mol. The number of amides is 1. The summed E-state index contributed by atoms with van der Waals surface area (Å²) in [6, 6.07) is 6.11. The van der Waals surface area contributed by atoms with Crippen LogP contribution in [0.4, 0.5) is 0 Å². The number of rotatable bonds is 3. The van der Waals surface area contributed by atoms with E-state index in [2.05, 4.69) is 33.8 Å². The van der Waals surface area contributed by atoms with Crippen molar-refractivity contribution >= 4 is 5.91 Å². The van der Waals surface area contributed by atoms with E-state index in [1.165, 1.54) is 0 Å². The van der Waals surface area contributed by atoms with Crippen LogP contribution in [-0.2, 0) is 11.3 Å². The summed E-state index contributed by atoms with van der Waals surface area (Å²) in [7, 11) is 0. The third-order valence-corrected chi connectivity index (χ3v) is 5.41. The number of nitrogens with zero attached hydrogens (tertiary/aromatic N) is 3. The summed E-state index contributed by atoms with van der Waals surface area (Å²) in [6.07, 6.45) is 2.97. The molecule has 2 saturated heterocycles. The molecule has 112 valence electrons. The molecule has 1 aromatic rings. The van der Waals surface area contributed by atoms with Crippen molar-refractivity contribution in [3.05, 3.63) is 30.1 Å². The average molecular weight is 285 g/mol. The van der Waals surface area contributed by atoms with Crippen LogP contribution in [0.25, 0.3) is 0 Å². The number of aromatic nitrogens is 1. The maximum atomic E-state index is 12.3. The van der Waals surface area contributed by atoms with Crippen LogP contribution in [0.1, 0.15) is 19.0 Å². The first-order valence-electron chi connectivity index (χ1n) is 8.12. The summed E-state index contributed by atoms with van der Waals surface area (Å²) >= 11 is 0. The molecule has 0 bridgehead atoms. The first kappa shape index (κ1) is 13.3. The number of pyridine rings is 1. The molecule has 3 heterocycles. The average Bonchev–Trinajstić information content (AvgIpc) is 2.90. The highest BCUT2D eigenvalue weighted by Gasteiger charge is 2.47. The molecule has 3 aliphatic rings. The summed E-state index contributed by atoms with van der Waals surface area (Å²) in [4.78, 5) is 21.4. The number of hydrogen-bond acceptors (Lipinski definition) is 3. The van der Waals surface area contributed by atoms with E-state index in [0.29, 0.717) is 29.6 Å². The van der Waals surface area contributed by atoms with E-state index in [1.54, 1.807) is 0 Å². The second-order valence-electron chi connectivity index (χ2n) is 7.10. The maximum Gasteiger partial charge on any atom is 0.225 e. The molecule has 21 heavy (non-hydrogen) atoms. The molecule has 3 fully saturated rings. The van der Waals surface area contributed by atoms with E-state index in [9.17, 15) is 4.79 Å². The molecule has 1 saturated carbocycles. The van der Waals surface area contributed by atoms with Crippen molar-refractivity contribution in [2.24, 2.45) is 23.7 Å². The van der Waals surface area contributed by atoms with Gasteiger partial charge in [0.2, 0.25) is 5.91 Å². The van der Waals surface area contributed by atoms with Crippen molar-refractivity contribution in [1.29, 1.82) is 0 Å². The van der Waals surface area contributed by atoms with E-state index < -0.39 is 0 Å². The molecule has 1 aromatic heterocycles.